The molecule has 1 aliphatic heterocycles. The lowest BCUT2D eigenvalue weighted by molar-refractivity contribution is 0.449. The largest absolute Gasteiger partial charge is 0.438 e. The predicted molar refractivity (Wildman–Crippen MR) is 117 cm³/mol. The number of ether oxygens (including phenoxy) is 1. The molecule has 1 N–H and O–H groups in total. The van der Waals surface area contributed by atoms with Gasteiger partial charge in [-0.15, -0.1) is 0 Å². The van der Waals surface area contributed by atoms with Crippen LogP contribution in [0, 0.1) is 6.92 Å². The SMILES string of the molecule is Cc1ccccc1Oc1c(N2CCNCC2)c2ncccc2n1-c1ccccc1. The smallest absolute Gasteiger partial charge is 0.231 e. The molecule has 0 spiro atoms. The van der Waals surface area contributed by atoms with Gasteiger partial charge in [-0.2, -0.15) is 0 Å². The van der Waals surface area contributed by atoms with Gasteiger partial charge in [-0.3, -0.25) is 9.55 Å². The molecule has 0 radical (unpaired) electrons. The molecule has 2 aromatic carbocycles. The summed E-state index contributed by atoms with van der Waals surface area (Å²) in [5, 5.41) is 3.44. The highest BCUT2D eigenvalue weighted by atomic mass is 16.5. The molecule has 29 heavy (non-hydrogen) atoms. The standard InChI is InChI=1S/C24H24N4O/c1-18-8-5-6-12-21(18)29-24-23(27-16-14-25-15-17-27)22-20(11-7-13-26-22)28(24)19-9-3-2-4-10-19/h2-13,25H,14-17H2,1H3. The minimum atomic E-state index is 0.820. The van der Waals surface area contributed by atoms with Gasteiger partial charge in [0.05, 0.1) is 5.52 Å². The Morgan fingerprint density at radius 2 is 1.66 bits per heavy atom. The summed E-state index contributed by atoms with van der Waals surface area (Å²) >= 11 is 0. The minimum Gasteiger partial charge on any atom is -0.438 e. The van der Waals surface area contributed by atoms with Crippen molar-refractivity contribution >= 4 is 16.7 Å². The number of benzene rings is 2. The molecule has 0 bridgehead atoms. The van der Waals surface area contributed by atoms with E-state index < -0.39 is 0 Å². The maximum absolute atomic E-state index is 6.62. The van der Waals surface area contributed by atoms with E-state index in [1.165, 1.54) is 0 Å². The fourth-order valence-electron chi connectivity index (χ4n) is 3.95. The first-order valence-corrected chi connectivity index (χ1v) is 10.1. The van der Waals surface area contributed by atoms with Gasteiger partial charge in [0.1, 0.15) is 17.0 Å². The zero-order valence-electron chi connectivity index (χ0n) is 16.5. The van der Waals surface area contributed by atoms with Crippen LogP contribution in [-0.4, -0.2) is 35.7 Å². The Morgan fingerprint density at radius 3 is 2.45 bits per heavy atom. The molecule has 146 valence electrons. The highest BCUT2D eigenvalue weighted by Gasteiger charge is 2.27. The summed E-state index contributed by atoms with van der Waals surface area (Å²) in [6, 6.07) is 22.6. The molecule has 5 nitrogen and oxygen atoms in total. The first-order valence-electron chi connectivity index (χ1n) is 10.1. The second-order valence-electron chi connectivity index (χ2n) is 7.30. The fraction of sp³-hybridized carbons (Fsp3) is 0.208. The van der Waals surface area contributed by atoms with Gasteiger partial charge in [-0.25, -0.2) is 0 Å². The van der Waals surface area contributed by atoms with E-state index >= 15 is 0 Å². The van der Waals surface area contributed by atoms with Gasteiger partial charge in [0, 0.05) is 38.1 Å². The topological polar surface area (TPSA) is 42.3 Å². The number of rotatable bonds is 4. The number of nitrogens with one attached hydrogen (secondary N) is 1. The Hall–Kier alpha value is -3.31. The van der Waals surface area contributed by atoms with Crippen molar-refractivity contribution in [1.82, 2.24) is 14.9 Å². The molecule has 5 heteroatoms. The third kappa shape index (κ3) is 3.23. The van der Waals surface area contributed by atoms with Gasteiger partial charge < -0.3 is 15.0 Å². The van der Waals surface area contributed by atoms with Crippen LogP contribution in [0.5, 0.6) is 11.6 Å². The molecule has 0 saturated carbocycles. The van der Waals surface area contributed by atoms with Crippen LogP contribution in [0.25, 0.3) is 16.7 Å². The minimum absolute atomic E-state index is 0.820. The van der Waals surface area contributed by atoms with Crippen molar-refractivity contribution in [2.24, 2.45) is 0 Å². The molecular weight excluding hydrogens is 360 g/mol. The summed E-state index contributed by atoms with van der Waals surface area (Å²) < 4.78 is 8.81. The lowest BCUT2D eigenvalue weighted by Crippen LogP contribution is -2.43. The van der Waals surface area contributed by atoms with Gasteiger partial charge >= 0.3 is 0 Å². The van der Waals surface area contributed by atoms with E-state index in [-0.39, 0.29) is 0 Å². The number of piperazine rings is 1. The Morgan fingerprint density at radius 1 is 0.897 bits per heavy atom. The molecule has 1 aliphatic rings. The summed E-state index contributed by atoms with van der Waals surface area (Å²) in [7, 11) is 0. The van der Waals surface area contributed by atoms with Crippen LogP contribution in [-0.2, 0) is 0 Å². The predicted octanol–water partition coefficient (Wildman–Crippen LogP) is 4.54. The van der Waals surface area contributed by atoms with Crippen LogP contribution in [0.15, 0.2) is 72.9 Å². The van der Waals surface area contributed by atoms with E-state index in [2.05, 4.69) is 58.1 Å². The molecular formula is C24H24N4O. The maximum Gasteiger partial charge on any atom is 0.231 e. The van der Waals surface area contributed by atoms with Crippen molar-refractivity contribution in [3.05, 3.63) is 78.5 Å². The van der Waals surface area contributed by atoms with Crippen LogP contribution >= 0.6 is 0 Å². The summed E-state index contributed by atoms with van der Waals surface area (Å²) in [5.41, 5.74) is 5.26. The van der Waals surface area contributed by atoms with Crippen molar-refractivity contribution in [3.63, 3.8) is 0 Å². The molecule has 5 rings (SSSR count). The van der Waals surface area contributed by atoms with Crippen LogP contribution in [0.2, 0.25) is 0 Å². The Kier molecular flexibility index (Phi) is 4.66. The normalized spacial score (nSPS) is 14.3. The van der Waals surface area contributed by atoms with Gasteiger partial charge in [0.2, 0.25) is 5.88 Å². The van der Waals surface area contributed by atoms with Crippen LogP contribution in [0.3, 0.4) is 0 Å². The van der Waals surface area contributed by atoms with Crippen LogP contribution < -0.4 is 15.0 Å². The fourth-order valence-corrected chi connectivity index (χ4v) is 3.95. The summed E-state index contributed by atoms with van der Waals surface area (Å²) in [6.45, 7) is 5.83. The molecule has 1 saturated heterocycles. The molecule has 0 amide bonds. The second-order valence-corrected chi connectivity index (χ2v) is 7.30. The summed E-state index contributed by atoms with van der Waals surface area (Å²) in [4.78, 5) is 7.15. The Balaban J connectivity index is 1.78. The second kappa shape index (κ2) is 7.60. The number of fused-ring (bicyclic) bond motifs is 1. The number of pyridine rings is 1. The number of aromatic nitrogens is 2. The lowest BCUT2D eigenvalue weighted by atomic mass is 10.2. The van der Waals surface area contributed by atoms with E-state index in [1.54, 1.807) is 0 Å². The van der Waals surface area contributed by atoms with Crippen molar-refractivity contribution in [3.8, 4) is 17.3 Å². The van der Waals surface area contributed by atoms with Gasteiger partial charge in [-0.05, 0) is 42.8 Å². The molecule has 0 aliphatic carbocycles. The van der Waals surface area contributed by atoms with Gasteiger partial charge in [0.15, 0.2) is 0 Å². The van der Waals surface area contributed by atoms with Crippen LogP contribution in [0.1, 0.15) is 5.56 Å². The number of anilines is 1. The number of aryl methyl sites for hydroxylation is 1. The van der Waals surface area contributed by atoms with E-state index in [1.807, 2.05) is 36.5 Å². The summed E-state index contributed by atoms with van der Waals surface area (Å²) in [6.07, 6.45) is 1.86. The van der Waals surface area contributed by atoms with E-state index in [0.717, 1.165) is 65.8 Å². The lowest BCUT2D eigenvalue weighted by Gasteiger charge is -2.29. The molecule has 0 unspecified atom stereocenters. The number of nitrogens with zero attached hydrogens (tertiary/aromatic N) is 3. The van der Waals surface area contributed by atoms with Gasteiger partial charge in [0.25, 0.3) is 0 Å². The van der Waals surface area contributed by atoms with Crippen molar-refractivity contribution in [1.29, 1.82) is 0 Å². The van der Waals surface area contributed by atoms with E-state index in [0.29, 0.717) is 0 Å². The Bertz CT molecular complexity index is 1130. The molecule has 4 aromatic rings. The van der Waals surface area contributed by atoms with Crippen LogP contribution in [0.4, 0.5) is 5.69 Å². The third-order valence-corrected chi connectivity index (χ3v) is 5.41. The monoisotopic (exact) mass is 384 g/mol. The van der Waals surface area contributed by atoms with Crippen molar-refractivity contribution in [2.75, 3.05) is 31.1 Å². The first-order chi connectivity index (χ1) is 14.3. The van der Waals surface area contributed by atoms with E-state index in [4.69, 9.17) is 9.72 Å². The molecule has 2 aromatic heterocycles. The average Bonchev–Trinajstić information content (AvgIpc) is 3.10. The molecule has 0 atom stereocenters. The van der Waals surface area contributed by atoms with Gasteiger partial charge in [-0.1, -0.05) is 36.4 Å². The first kappa shape index (κ1) is 17.8. The van der Waals surface area contributed by atoms with Crippen molar-refractivity contribution < 1.29 is 4.74 Å². The highest BCUT2D eigenvalue weighted by Crippen LogP contribution is 2.43. The zero-order valence-corrected chi connectivity index (χ0v) is 16.5. The number of hydrogen-bond donors (Lipinski definition) is 1. The maximum atomic E-state index is 6.62. The highest BCUT2D eigenvalue weighted by molar-refractivity contribution is 5.96. The number of hydrogen-bond acceptors (Lipinski definition) is 4. The zero-order chi connectivity index (χ0) is 19.6. The summed E-state index contributed by atoms with van der Waals surface area (Å²) in [5.74, 6) is 1.69. The number of para-hydroxylation sites is 2. The molecule has 3 heterocycles. The van der Waals surface area contributed by atoms with Crippen molar-refractivity contribution in [2.45, 2.75) is 6.92 Å². The van der Waals surface area contributed by atoms with E-state index in [9.17, 15) is 0 Å². The average molecular weight is 384 g/mol. The third-order valence-electron chi connectivity index (χ3n) is 5.41. The quantitative estimate of drug-likeness (QED) is 0.561. The Labute approximate surface area is 170 Å². The molecule has 1 fully saturated rings.